The van der Waals surface area contributed by atoms with Crippen molar-refractivity contribution in [2.75, 3.05) is 4.90 Å². The van der Waals surface area contributed by atoms with Crippen molar-refractivity contribution in [3.8, 4) is 0 Å². The summed E-state index contributed by atoms with van der Waals surface area (Å²) in [5.74, 6) is 0.429. The fraction of sp³-hybridized carbons (Fsp3) is 0.184. The lowest BCUT2D eigenvalue weighted by Gasteiger charge is -2.43. The summed E-state index contributed by atoms with van der Waals surface area (Å²) in [4.78, 5) is 2.33. The van der Waals surface area contributed by atoms with E-state index in [9.17, 15) is 0 Å². The van der Waals surface area contributed by atoms with Gasteiger partial charge in [-0.2, -0.15) is 0 Å². The normalized spacial score (nSPS) is 21.2. The number of anilines is 3. The second kappa shape index (κ2) is 14.2. The molecule has 0 saturated carbocycles. The topological polar surface area (TPSA) is 3.24 Å². The molecule has 248 valence electrons. The Morgan fingerprint density at radius 3 is 2.20 bits per heavy atom. The van der Waals surface area contributed by atoms with Crippen LogP contribution < -0.4 is 4.90 Å². The molecule has 1 unspecified atom stereocenters. The first-order valence-corrected chi connectivity index (χ1v) is 18.0. The Morgan fingerprint density at radius 2 is 1.54 bits per heavy atom. The quantitative estimate of drug-likeness (QED) is 0.235. The summed E-state index contributed by atoms with van der Waals surface area (Å²) in [6, 6.07) is 28.6. The average Bonchev–Trinajstić information content (AvgIpc) is 3.17. The minimum Gasteiger partial charge on any atom is -0.311 e. The molecule has 0 saturated heterocycles. The van der Waals surface area contributed by atoms with Crippen molar-refractivity contribution < 1.29 is 0 Å². The predicted molar refractivity (Wildman–Crippen MR) is 216 cm³/mol. The highest BCUT2D eigenvalue weighted by molar-refractivity contribution is 5.81. The van der Waals surface area contributed by atoms with Crippen LogP contribution in [0.4, 0.5) is 17.1 Å². The fourth-order valence-electron chi connectivity index (χ4n) is 7.91. The summed E-state index contributed by atoms with van der Waals surface area (Å²) in [6.07, 6.45) is 29.6. The minimum absolute atomic E-state index is 0.167. The number of para-hydroxylation sites is 1. The van der Waals surface area contributed by atoms with E-state index in [2.05, 4.69) is 172 Å². The monoisotopic (exact) mass is 649 g/mol. The van der Waals surface area contributed by atoms with E-state index < -0.39 is 0 Å². The molecule has 0 spiro atoms. The van der Waals surface area contributed by atoms with E-state index in [1.54, 1.807) is 0 Å². The van der Waals surface area contributed by atoms with Gasteiger partial charge in [0.15, 0.2) is 0 Å². The second-order valence-electron chi connectivity index (χ2n) is 14.2. The molecule has 0 amide bonds. The highest BCUT2D eigenvalue weighted by atomic mass is 15.1. The molecule has 1 heteroatoms. The first kappa shape index (κ1) is 33.1. The van der Waals surface area contributed by atoms with E-state index in [4.69, 9.17) is 6.58 Å². The Hall–Kier alpha value is -5.40. The van der Waals surface area contributed by atoms with Crippen LogP contribution in [0.5, 0.6) is 0 Å². The minimum atomic E-state index is -0.167. The number of hydrogen-bond acceptors (Lipinski definition) is 1. The number of allylic oxidation sites excluding steroid dienone is 18. The van der Waals surface area contributed by atoms with Crippen molar-refractivity contribution in [3.63, 3.8) is 0 Å². The Bertz CT molecular complexity index is 2060. The lowest BCUT2D eigenvalue weighted by atomic mass is 9.61. The van der Waals surface area contributed by atoms with Crippen molar-refractivity contribution in [1.29, 1.82) is 0 Å². The molecule has 3 aromatic carbocycles. The van der Waals surface area contributed by atoms with E-state index in [1.165, 1.54) is 39.0 Å². The molecule has 0 aromatic heterocycles. The lowest BCUT2D eigenvalue weighted by molar-refractivity contribution is 0.506. The van der Waals surface area contributed by atoms with Gasteiger partial charge in [-0.05, 0) is 125 Å². The van der Waals surface area contributed by atoms with Crippen LogP contribution in [0.25, 0.3) is 6.08 Å². The molecule has 3 aromatic rings. The highest BCUT2D eigenvalue weighted by Gasteiger charge is 2.39. The number of benzene rings is 3. The van der Waals surface area contributed by atoms with Gasteiger partial charge in [-0.1, -0.05) is 142 Å². The molecule has 50 heavy (non-hydrogen) atoms. The van der Waals surface area contributed by atoms with Crippen LogP contribution in [0.1, 0.15) is 63.0 Å². The van der Waals surface area contributed by atoms with E-state index in [1.807, 2.05) is 6.08 Å². The van der Waals surface area contributed by atoms with E-state index in [0.717, 1.165) is 65.9 Å². The summed E-state index contributed by atoms with van der Waals surface area (Å²) in [5.41, 5.74) is 15.6. The van der Waals surface area contributed by atoms with Crippen LogP contribution in [-0.2, 0) is 0 Å². The molecule has 0 N–H and O–H groups in total. The Labute approximate surface area is 299 Å². The van der Waals surface area contributed by atoms with Crippen LogP contribution in [0.2, 0.25) is 0 Å². The first-order valence-electron chi connectivity index (χ1n) is 18.0. The molecule has 1 atom stereocenters. The summed E-state index contributed by atoms with van der Waals surface area (Å²) in [6.45, 7) is 18.2. The van der Waals surface area contributed by atoms with Crippen LogP contribution in [0.3, 0.4) is 0 Å². The van der Waals surface area contributed by atoms with E-state index in [0.29, 0.717) is 5.92 Å². The number of nitrogens with zero attached hydrogens (tertiary/aromatic N) is 1. The van der Waals surface area contributed by atoms with Crippen LogP contribution >= 0.6 is 0 Å². The van der Waals surface area contributed by atoms with Gasteiger partial charge in [-0.3, -0.25) is 0 Å². The van der Waals surface area contributed by atoms with Gasteiger partial charge in [0.05, 0.1) is 0 Å². The van der Waals surface area contributed by atoms with Crippen molar-refractivity contribution >= 4 is 23.1 Å². The van der Waals surface area contributed by atoms with Gasteiger partial charge in [0.25, 0.3) is 0 Å². The zero-order valence-corrected chi connectivity index (χ0v) is 29.5. The van der Waals surface area contributed by atoms with Gasteiger partial charge in [0.1, 0.15) is 0 Å². The van der Waals surface area contributed by atoms with Gasteiger partial charge in [0, 0.05) is 28.4 Å². The Balaban J connectivity index is 1.27. The standard InChI is InChI=1S/C49H47N/c1-6-38-21-16-24-46-48(38)45(36(3)47(49(46,4)5)33-35(2)39-17-10-7-11-18-39)34-37-25-29-43(30-26-37)50(42-22-14-9-15-23-42)44-31-27-41(28-32-44)40-19-12-8-13-20-40/h6-10,12-15,17,19,21-23,25-34,40H,1-3,11,16,18,20,24H2,4-5H3/b45-34+,47-33+. The molecular formula is C49H47N. The Morgan fingerprint density at radius 1 is 0.820 bits per heavy atom. The molecule has 1 nitrogen and oxygen atoms in total. The number of rotatable bonds is 8. The zero-order chi connectivity index (χ0) is 34.7. The summed E-state index contributed by atoms with van der Waals surface area (Å²) in [5, 5.41) is 0. The predicted octanol–water partition coefficient (Wildman–Crippen LogP) is 13.7. The largest absolute Gasteiger partial charge is 0.311 e. The highest BCUT2D eigenvalue weighted by Crippen LogP contribution is 2.54. The van der Waals surface area contributed by atoms with Gasteiger partial charge in [-0.25, -0.2) is 0 Å². The maximum absolute atomic E-state index is 4.77. The van der Waals surface area contributed by atoms with Gasteiger partial charge in [0.2, 0.25) is 0 Å². The zero-order valence-electron chi connectivity index (χ0n) is 29.5. The van der Waals surface area contributed by atoms with Crippen LogP contribution in [0.15, 0.2) is 204 Å². The van der Waals surface area contributed by atoms with Gasteiger partial charge >= 0.3 is 0 Å². The molecule has 4 aliphatic rings. The molecule has 0 bridgehead atoms. The van der Waals surface area contributed by atoms with Crippen molar-refractivity contribution in [1.82, 2.24) is 0 Å². The van der Waals surface area contributed by atoms with Crippen LogP contribution in [-0.4, -0.2) is 0 Å². The lowest BCUT2D eigenvalue weighted by Crippen LogP contribution is -2.28. The summed E-state index contributed by atoms with van der Waals surface area (Å²) in [7, 11) is 0. The van der Waals surface area contributed by atoms with E-state index >= 15 is 0 Å². The molecule has 0 fully saturated rings. The maximum atomic E-state index is 4.77. The molecule has 7 rings (SSSR count). The third-order valence-electron chi connectivity index (χ3n) is 10.7. The molecule has 4 aliphatic carbocycles. The second-order valence-corrected chi connectivity index (χ2v) is 14.2. The van der Waals surface area contributed by atoms with Crippen LogP contribution in [0, 0.1) is 5.41 Å². The summed E-state index contributed by atoms with van der Waals surface area (Å²) < 4.78 is 0. The molecule has 0 heterocycles. The third-order valence-corrected chi connectivity index (χ3v) is 10.7. The van der Waals surface area contributed by atoms with Gasteiger partial charge < -0.3 is 4.90 Å². The summed E-state index contributed by atoms with van der Waals surface area (Å²) >= 11 is 0. The SMILES string of the molecule is C=CC1=CCCC2=C1/C(=C/c1ccc(N(c3ccccc3)c3ccc(C4C=CC=CC4)cc3)cc1)C(=C)/C(=C\C(=C)C1=CC=CCC1)C2(C)C. The third kappa shape index (κ3) is 6.49. The van der Waals surface area contributed by atoms with Gasteiger partial charge in [-0.15, -0.1) is 0 Å². The van der Waals surface area contributed by atoms with Crippen molar-refractivity contribution in [2.45, 2.75) is 51.9 Å². The number of hydrogen-bond donors (Lipinski definition) is 0. The van der Waals surface area contributed by atoms with E-state index in [-0.39, 0.29) is 5.41 Å². The average molecular weight is 650 g/mol. The maximum Gasteiger partial charge on any atom is 0.0462 e. The first-order chi connectivity index (χ1) is 24.3. The Kier molecular flexibility index (Phi) is 9.42. The van der Waals surface area contributed by atoms with Crippen molar-refractivity contribution in [3.05, 3.63) is 215 Å². The van der Waals surface area contributed by atoms with Crippen molar-refractivity contribution in [2.24, 2.45) is 5.41 Å². The molecular weight excluding hydrogens is 603 g/mol. The smallest absolute Gasteiger partial charge is 0.0462 e. The molecule has 0 aliphatic heterocycles. The fourth-order valence-corrected chi connectivity index (χ4v) is 7.91. The molecule has 0 radical (unpaired) electrons.